The molecule has 0 unspecified atom stereocenters. The van der Waals surface area contributed by atoms with Crippen LogP contribution in [0.1, 0.15) is 13.8 Å². The van der Waals surface area contributed by atoms with Crippen molar-refractivity contribution in [1.29, 1.82) is 0 Å². The second kappa shape index (κ2) is 5.71. The predicted molar refractivity (Wildman–Crippen MR) is 51.2 cm³/mol. The molecule has 0 rings (SSSR count). The minimum Gasteiger partial charge on any atom is -0.329 e. The third-order valence-corrected chi connectivity index (χ3v) is 2.01. The molecule has 0 aromatic heterocycles. The molecule has 76 valence electrons. The summed E-state index contributed by atoms with van der Waals surface area (Å²) in [4.78, 5) is 0. The van der Waals surface area contributed by atoms with E-state index >= 15 is 0 Å². The van der Waals surface area contributed by atoms with Gasteiger partial charge in [-0.1, -0.05) is 13.8 Å². The van der Waals surface area contributed by atoms with Gasteiger partial charge in [0, 0.05) is 12.6 Å². The third-order valence-electron chi connectivity index (χ3n) is 1.37. The van der Waals surface area contributed by atoms with Crippen LogP contribution in [-0.4, -0.2) is 21.0 Å². The molecule has 5 nitrogen and oxygen atoms in total. The van der Waals surface area contributed by atoms with Gasteiger partial charge in [0.2, 0.25) is 0 Å². The first-order chi connectivity index (χ1) is 4.87. The summed E-state index contributed by atoms with van der Waals surface area (Å²) >= 11 is 0. The van der Waals surface area contributed by atoms with Gasteiger partial charge in [0.1, 0.15) is 0 Å². The Morgan fingerprint density at radius 3 is 1.92 bits per heavy atom. The first-order valence-corrected chi connectivity index (χ1v) is 4.91. The van der Waals surface area contributed by atoms with Gasteiger partial charge >= 0.3 is 0 Å². The third kappa shape index (κ3) is 6.81. The van der Waals surface area contributed by atoms with E-state index in [0.717, 1.165) is 0 Å². The molecule has 0 aromatic rings. The van der Waals surface area contributed by atoms with Crippen LogP contribution in [0, 0.1) is 5.92 Å². The Morgan fingerprint density at radius 2 is 1.83 bits per heavy atom. The Morgan fingerprint density at radius 1 is 1.42 bits per heavy atom. The lowest BCUT2D eigenvalue weighted by Gasteiger charge is -2.18. The maximum absolute atomic E-state index is 10.5. The monoisotopic (exact) mass is 217 g/mol. The molecule has 0 aliphatic heterocycles. The smallest absolute Gasteiger partial charge is 0.274 e. The van der Waals surface area contributed by atoms with Crippen LogP contribution < -0.4 is 15.6 Å². The average molecular weight is 218 g/mol. The maximum Gasteiger partial charge on any atom is 0.274 e. The Labute approximate surface area is 79.5 Å². The molecule has 0 aliphatic carbocycles. The highest BCUT2D eigenvalue weighted by Crippen LogP contribution is 1.99. The fourth-order valence-corrected chi connectivity index (χ4v) is 1.46. The van der Waals surface area contributed by atoms with Crippen LogP contribution in [0.3, 0.4) is 0 Å². The lowest BCUT2D eigenvalue weighted by Crippen LogP contribution is -2.46. The minimum absolute atomic E-state index is 0. The minimum atomic E-state index is -3.61. The summed E-state index contributed by atoms with van der Waals surface area (Å²) < 4.78 is 23.3. The molecule has 5 N–H and O–H groups in total. The molecule has 7 heteroatoms. The Balaban J connectivity index is 0. The molecule has 0 heterocycles. The van der Waals surface area contributed by atoms with E-state index in [1.54, 1.807) is 0 Å². The highest BCUT2D eigenvalue weighted by atomic mass is 35.5. The van der Waals surface area contributed by atoms with Crippen molar-refractivity contribution in [3.63, 3.8) is 0 Å². The van der Waals surface area contributed by atoms with Crippen molar-refractivity contribution in [2.75, 3.05) is 6.54 Å². The Bertz CT molecular complexity index is 205. The highest BCUT2D eigenvalue weighted by molar-refractivity contribution is 7.87. The summed E-state index contributed by atoms with van der Waals surface area (Å²) in [6.07, 6.45) is 0. The molecule has 0 aromatic carbocycles. The zero-order valence-corrected chi connectivity index (χ0v) is 8.78. The van der Waals surface area contributed by atoms with E-state index in [2.05, 4.69) is 4.72 Å². The van der Waals surface area contributed by atoms with Crippen LogP contribution in [0.25, 0.3) is 0 Å². The van der Waals surface area contributed by atoms with Gasteiger partial charge in [-0.15, -0.1) is 12.4 Å². The van der Waals surface area contributed by atoms with Crippen LogP contribution in [0.15, 0.2) is 0 Å². The summed E-state index contributed by atoms with van der Waals surface area (Å²) in [6.45, 7) is 4.00. The molecule has 1 atom stereocenters. The van der Waals surface area contributed by atoms with Crippen LogP contribution in [0.2, 0.25) is 0 Å². The SMILES string of the molecule is CC(C)[C@@H](CN)NS(N)(=O)=O.Cl. The fraction of sp³-hybridized carbons (Fsp3) is 1.00. The molecule has 0 fully saturated rings. The number of halogens is 1. The second-order valence-electron chi connectivity index (χ2n) is 2.75. The van der Waals surface area contributed by atoms with E-state index in [1.165, 1.54) is 0 Å². The van der Waals surface area contributed by atoms with Gasteiger partial charge in [0.25, 0.3) is 10.2 Å². The topological polar surface area (TPSA) is 98.2 Å². The van der Waals surface area contributed by atoms with E-state index in [9.17, 15) is 8.42 Å². The molecule has 0 radical (unpaired) electrons. The van der Waals surface area contributed by atoms with Gasteiger partial charge in [-0.3, -0.25) is 0 Å². The molecule has 0 saturated carbocycles. The van der Waals surface area contributed by atoms with E-state index in [-0.39, 0.29) is 30.9 Å². The Kier molecular flexibility index (Phi) is 6.97. The fourth-order valence-electron chi connectivity index (χ4n) is 0.667. The molecular formula is C5H16ClN3O2S. The first kappa shape index (κ1) is 14.6. The molecule has 0 bridgehead atoms. The lowest BCUT2D eigenvalue weighted by atomic mass is 10.1. The van der Waals surface area contributed by atoms with Crippen molar-refractivity contribution in [3.8, 4) is 0 Å². The molecule has 0 amide bonds. The van der Waals surface area contributed by atoms with E-state index in [0.29, 0.717) is 0 Å². The van der Waals surface area contributed by atoms with Gasteiger partial charge < -0.3 is 5.73 Å². The van der Waals surface area contributed by atoms with Gasteiger partial charge in [0.05, 0.1) is 0 Å². The average Bonchev–Trinajstić information content (AvgIpc) is 1.80. The quantitative estimate of drug-likeness (QED) is 0.574. The van der Waals surface area contributed by atoms with Crippen LogP contribution in [-0.2, 0) is 10.2 Å². The van der Waals surface area contributed by atoms with E-state index in [1.807, 2.05) is 13.8 Å². The Hall–Kier alpha value is 0.120. The molecule has 0 spiro atoms. The number of nitrogens with two attached hydrogens (primary N) is 2. The van der Waals surface area contributed by atoms with Gasteiger partial charge in [0.15, 0.2) is 0 Å². The number of hydrogen-bond acceptors (Lipinski definition) is 3. The van der Waals surface area contributed by atoms with E-state index in [4.69, 9.17) is 10.9 Å². The van der Waals surface area contributed by atoms with Crippen molar-refractivity contribution in [2.24, 2.45) is 16.8 Å². The summed E-state index contributed by atoms with van der Waals surface area (Å²) in [5.41, 5.74) is 5.30. The molecular weight excluding hydrogens is 202 g/mol. The lowest BCUT2D eigenvalue weighted by molar-refractivity contribution is 0.455. The van der Waals surface area contributed by atoms with Crippen LogP contribution >= 0.6 is 12.4 Å². The normalized spacial score (nSPS) is 14.1. The second-order valence-corrected chi connectivity index (χ2v) is 4.07. The summed E-state index contributed by atoms with van der Waals surface area (Å²) in [5.74, 6) is 0.151. The molecule has 12 heavy (non-hydrogen) atoms. The highest BCUT2D eigenvalue weighted by Gasteiger charge is 2.15. The summed E-state index contributed by atoms with van der Waals surface area (Å²) in [6, 6.07) is -0.273. The summed E-state index contributed by atoms with van der Waals surface area (Å²) in [5, 5.41) is 4.76. The van der Waals surface area contributed by atoms with Crippen molar-refractivity contribution >= 4 is 22.6 Å². The van der Waals surface area contributed by atoms with Crippen LogP contribution in [0.5, 0.6) is 0 Å². The standard InChI is InChI=1S/C5H15N3O2S.ClH/c1-4(2)5(3-6)8-11(7,9)10;/h4-5,8H,3,6H2,1-2H3,(H2,7,9,10);1H/t5-;/m1./s1. The van der Waals surface area contributed by atoms with Crippen molar-refractivity contribution in [1.82, 2.24) is 4.72 Å². The number of rotatable bonds is 4. The van der Waals surface area contributed by atoms with Gasteiger partial charge in [-0.05, 0) is 5.92 Å². The molecule has 0 aliphatic rings. The van der Waals surface area contributed by atoms with Gasteiger partial charge in [-0.25, -0.2) is 5.14 Å². The van der Waals surface area contributed by atoms with E-state index < -0.39 is 10.2 Å². The zero-order chi connectivity index (χ0) is 9.07. The van der Waals surface area contributed by atoms with Crippen molar-refractivity contribution in [2.45, 2.75) is 19.9 Å². The van der Waals surface area contributed by atoms with Crippen LogP contribution in [0.4, 0.5) is 0 Å². The predicted octanol–water partition coefficient (Wildman–Crippen LogP) is -0.815. The van der Waals surface area contributed by atoms with Gasteiger partial charge in [-0.2, -0.15) is 13.1 Å². The zero-order valence-electron chi connectivity index (χ0n) is 7.15. The van der Waals surface area contributed by atoms with Crippen molar-refractivity contribution < 1.29 is 8.42 Å². The first-order valence-electron chi connectivity index (χ1n) is 3.37. The number of nitrogens with one attached hydrogen (secondary N) is 1. The number of hydrogen-bond donors (Lipinski definition) is 3. The molecule has 0 saturated heterocycles. The summed E-state index contributed by atoms with van der Waals surface area (Å²) in [7, 11) is -3.61. The maximum atomic E-state index is 10.5. The van der Waals surface area contributed by atoms with Crippen molar-refractivity contribution in [3.05, 3.63) is 0 Å². The largest absolute Gasteiger partial charge is 0.329 e.